The molecule has 12 aliphatic rings. The summed E-state index contributed by atoms with van der Waals surface area (Å²) in [6, 6.07) is 46.2. The monoisotopic (exact) mass is 1680 g/mol. The summed E-state index contributed by atoms with van der Waals surface area (Å²) in [4.78, 5) is 62.7. The van der Waals surface area contributed by atoms with E-state index in [4.69, 9.17) is 14.5 Å². The molecule has 0 radical (unpaired) electrons. The predicted molar refractivity (Wildman–Crippen MR) is 468 cm³/mol. The van der Waals surface area contributed by atoms with E-state index in [1.165, 1.54) is 24.2 Å². The second-order valence-electron chi connectivity index (χ2n) is 37.0. The molecule has 3 saturated heterocycles. The lowest BCUT2D eigenvalue weighted by Crippen LogP contribution is -2.62. The van der Waals surface area contributed by atoms with E-state index in [1.807, 2.05) is 109 Å². The molecule has 9 saturated carbocycles. The minimum Gasteiger partial charge on any atom is -0.394 e. The largest absolute Gasteiger partial charge is 0.394 e. The Kier molecular flexibility index (Phi) is 30.1. The lowest BCUT2D eigenvalue weighted by atomic mass is 9.45. The van der Waals surface area contributed by atoms with Crippen LogP contribution in [0.15, 0.2) is 160 Å². The maximum absolute atomic E-state index is 13.9. The molecule has 9 N–H and O–H groups in total. The van der Waals surface area contributed by atoms with Gasteiger partial charge in [0.15, 0.2) is 0 Å². The molecule has 9 aliphatic carbocycles. The van der Waals surface area contributed by atoms with Crippen molar-refractivity contribution in [2.24, 2.45) is 87.3 Å². The molecular formula is C95H134N6O14S3. The molecular weight excluding hydrogens is 1550 g/mol. The zero-order valence-electron chi connectivity index (χ0n) is 70.2. The number of aliphatic hydroxyl groups is 6. The van der Waals surface area contributed by atoms with Gasteiger partial charge in [0.2, 0.25) is 17.7 Å². The second-order valence-corrected chi connectivity index (χ2v) is 40.6. The fraction of sp³-hybridized carbons (Fsp3) is 0.589. The molecule has 646 valence electrons. The number of rotatable bonds is 24. The number of hydrogen-bond acceptors (Lipinski definition) is 18. The van der Waals surface area contributed by atoms with Gasteiger partial charge in [0.25, 0.3) is 0 Å². The first-order valence-corrected chi connectivity index (χ1v) is 46.4. The van der Waals surface area contributed by atoms with E-state index in [2.05, 4.69) is 121 Å². The van der Waals surface area contributed by atoms with Crippen molar-refractivity contribution in [3.63, 3.8) is 0 Å². The van der Waals surface area contributed by atoms with E-state index in [0.717, 1.165) is 79.1 Å². The van der Waals surface area contributed by atoms with Gasteiger partial charge in [0.05, 0.1) is 57.8 Å². The van der Waals surface area contributed by atoms with Gasteiger partial charge in [-0.3, -0.25) is 37.3 Å². The highest BCUT2D eigenvalue weighted by atomic mass is 32.2. The average molecular weight is 1680 g/mol. The molecule has 3 amide bonds. The Bertz CT molecular complexity index is 4310. The summed E-state index contributed by atoms with van der Waals surface area (Å²) in [5.74, 6) is 2.79. The van der Waals surface area contributed by atoms with Crippen molar-refractivity contribution in [2.45, 2.75) is 244 Å². The summed E-state index contributed by atoms with van der Waals surface area (Å²) in [5.41, 5.74) is 9.98. The standard InChI is InChI=1S/2C31H42N2O5S.C31H42N2O4S.2CH4/c2*1-18-25-14-23(31(25,3)4)15-26(18)32-30(36)29-28(19(2)35)27(17-34)38-33(29)16-20-8-6-9-21(12-20)22-10-7-11-24(13-22)39(5)37;1-18-25-14-23(31(25,3)4)15-26(18)32-30(36)29-28(19(2)35)27(17-34)37-33(29)16-20-8-6-9-21(12-20)22-10-7-11-24(13-22)38-5;;/h2*6-13,18-19,23,25-29,34-35H,14-17H2,1-5H3,(H,32,36);6-13,18-19,23,25-29,34-35H,14-17H2,1-5H3,(H,32,36);2*1H4/t2*18-,19-,23+,25-,26-,27-,28+,29-,39?;18-,19-,23+,25-,26-,27-,28+,29-;;/m000../s1. The van der Waals surface area contributed by atoms with Crippen LogP contribution >= 0.6 is 11.8 Å². The third kappa shape index (κ3) is 19.0. The van der Waals surface area contributed by atoms with Crippen LogP contribution < -0.4 is 16.0 Å². The Morgan fingerprint density at radius 1 is 0.432 bits per heavy atom. The maximum atomic E-state index is 13.9. The van der Waals surface area contributed by atoms with E-state index in [9.17, 15) is 53.4 Å². The van der Waals surface area contributed by atoms with Gasteiger partial charge in [0.1, 0.15) is 36.4 Å². The number of hydrogen-bond donors (Lipinski definition) is 9. The molecule has 20 nitrogen and oxygen atoms in total. The van der Waals surface area contributed by atoms with Crippen molar-refractivity contribution in [1.29, 1.82) is 0 Å². The molecule has 3 heterocycles. The molecule has 12 fully saturated rings. The normalized spacial score (nSPS) is 32.6. The summed E-state index contributed by atoms with van der Waals surface area (Å²) >= 11 is 1.71. The van der Waals surface area contributed by atoms with Crippen molar-refractivity contribution >= 4 is 51.1 Å². The number of fused-ring (bicyclic) bond motifs is 6. The third-order valence-corrected chi connectivity index (χ3v) is 31.9. The Morgan fingerprint density at radius 2 is 0.695 bits per heavy atom. The van der Waals surface area contributed by atoms with Gasteiger partial charge in [-0.1, -0.05) is 168 Å². The van der Waals surface area contributed by atoms with Crippen LogP contribution in [0.1, 0.15) is 153 Å². The van der Waals surface area contributed by atoms with Crippen molar-refractivity contribution in [3.8, 4) is 33.4 Å². The fourth-order valence-electron chi connectivity index (χ4n) is 22.1. The van der Waals surface area contributed by atoms with Gasteiger partial charge >= 0.3 is 0 Å². The Balaban J connectivity index is 0.000000172. The minimum absolute atomic E-state index is 0. The first-order chi connectivity index (χ1) is 55.1. The smallest absolute Gasteiger partial charge is 0.240 e. The van der Waals surface area contributed by atoms with Crippen LogP contribution in [0, 0.1) is 87.3 Å². The highest BCUT2D eigenvalue weighted by molar-refractivity contribution is 7.98. The van der Waals surface area contributed by atoms with E-state index in [-0.39, 0.29) is 70.5 Å². The number of hydroxylamine groups is 6. The van der Waals surface area contributed by atoms with Crippen LogP contribution in [-0.2, 0) is 70.1 Å². The number of benzene rings is 6. The maximum Gasteiger partial charge on any atom is 0.240 e. The molecule has 18 rings (SSSR count). The van der Waals surface area contributed by atoms with Crippen LogP contribution in [0.25, 0.3) is 33.4 Å². The van der Waals surface area contributed by atoms with Gasteiger partial charge in [-0.15, -0.1) is 11.8 Å². The first-order valence-electron chi connectivity index (χ1n) is 42.0. The van der Waals surface area contributed by atoms with E-state index in [0.29, 0.717) is 89.1 Å². The molecule has 26 atom stereocenters. The topological polar surface area (TPSA) is 280 Å². The van der Waals surface area contributed by atoms with Gasteiger partial charge in [-0.2, -0.15) is 15.2 Å². The van der Waals surface area contributed by atoms with Crippen LogP contribution in [-0.4, -0.2) is 183 Å². The van der Waals surface area contributed by atoms with Crippen LogP contribution in [0.5, 0.6) is 0 Å². The second kappa shape index (κ2) is 38.3. The SMILES string of the molecule is C.C.CSc1cccc(-c2cccc(CN3O[C@@H](CO)[C@@H]([C@H](C)O)[C@H]3C(=O)N[C@H]3C[C@H]4C[C@@H]([C@@H]3C)C4(C)C)c2)c1.C[C@@H]1[C@@H](NC(=O)[C@@H]2[C@H]([C@H](C)O)[C@H](CO)ON2Cc2cccc(-c3cccc(S(C)=O)c3)c2)C[C@H]2C[C@@H]1C2(C)C.C[C@@H]1[C@@H](NC(=O)[C@@H]2[C@H]([C@H](C)O)[C@H](CO)ON2Cc2cccc(-c3cccc(S(C)=O)c3)c2)C[C@H]2C[C@@H]1C2(C)C. The number of nitrogens with one attached hydrogen (secondary N) is 3. The molecule has 2 unspecified atom stereocenters. The van der Waals surface area contributed by atoms with Gasteiger partial charge in [0, 0.05) is 84.7 Å². The predicted octanol–water partition coefficient (Wildman–Crippen LogP) is 13.5. The number of aliphatic hydroxyl groups excluding tert-OH is 6. The van der Waals surface area contributed by atoms with E-state index >= 15 is 0 Å². The highest BCUT2D eigenvalue weighted by Gasteiger charge is 2.61. The number of carbonyl (C=O) groups is 3. The molecule has 3 aliphatic heterocycles. The number of amides is 3. The first kappa shape index (κ1) is 92.6. The quantitative estimate of drug-likeness (QED) is 0.0255. The summed E-state index contributed by atoms with van der Waals surface area (Å²) in [7, 11) is -2.15. The molecule has 0 spiro atoms. The van der Waals surface area contributed by atoms with Gasteiger partial charge < -0.3 is 46.6 Å². The average Bonchev–Trinajstić information content (AvgIpc) is 0.780. The van der Waals surface area contributed by atoms with Gasteiger partial charge in [-0.05, 0) is 240 Å². The van der Waals surface area contributed by atoms with Crippen LogP contribution in [0.2, 0.25) is 0 Å². The van der Waals surface area contributed by atoms with Crippen molar-refractivity contribution in [2.75, 3.05) is 38.6 Å². The molecule has 23 heteroatoms. The summed E-state index contributed by atoms with van der Waals surface area (Å²) < 4.78 is 24.0. The third-order valence-electron chi connectivity index (χ3n) is 29.4. The van der Waals surface area contributed by atoms with E-state index < -0.39 is 94.1 Å². The summed E-state index contributed by atoms with van der Waals surface area (Å²) in [6.07, 6.45) is 7.60. The summed E-state index contributed by atoms with van der Waals surface area (Å²) in [5, 5.41) is 77.2. The van der Waals surface area contributed by atoms with Crippen molar-refractivity contribution < 1.29 is 68.0 Å². The number of carbonyl (C=O) groups excluding carboxylic acids is 3. The lowest BCUT2D eigenvalue weighted by molar-refractivity contribution is -0.183. The van der Waals surface area contributed by atoms with Crippen LogP contribution in [0.3, 0.4) is 0 Å². The molecule has 0 aromatic heterocycles. The summed E-state index contributed by atoms with van der Waals surface area (Å²) in [6.45, 7) is 26.0. The fourth-order valence-corrected chi connectivity index (χ4v) is 23.6. The highest BCUT2D eigenvalue weighted by Crippen LogP contribution is 2.64. The molecule has 6 aromatic rings. The number of nitrogens with zero attached hydrogens (tertiary/aromatic N) is 3. The van der Waals surface area contributed by atoms with E-state index in [1.54, 1.807) is 60.2 Å². The molecule has 6 bridgehead atoms. The Hall–Kier alpha value is -6.10. The number of thioether (sulfide) groups is 1. The molecule has 118 heavy (non-hydrogen) atoms. The Morgan fingerprint density at radius 3 is 0.941 bits per heavy atom. The molecule has 6 aromatic carbocycles. The van der Waals surface area contributed by atoms with Crippen LogP contribution in [0.4, 0.5) is 0 Å². The lowest BCUT2D eigenvalue weighted by Gasteiger charge is -2.62. The van der Waals surface area contributed by atoms with Crippen molar-refractivity contribution in [1.82, 2.24) is 31.1 Å². The zero-order chi connectivity index (χ0) is 83.3. The van der Waals surface area contributed by atoms with Crippen molar-refractivity contribution in [3.05, 3.63) is 162 Å². The Labute approximate surface area is 710 Å². The zero-order valence-corrected chi connectivity index (χ0v) is 72.7. The minimum atomic E-state index is -1.08. The van der Waals surface area contributed by atoms with Gasteiger partial charge in [-0.25, -0.2) is 0 Å².